The van der Waals surface area contributed by atoms with Gasteiger partial charge in [-0.2, -0.15) is 5.10 Å². The molecule has 2 aromatic rings. The third kappa shape index (κ3) is 3.49. The van der Waals surface area contributed by atoms with E-state index in [-0.39, 0.29) is 11.7 Å². The molecule has 0 spiro atoms. The molecule has 0 bridgehead atoms. The number of halogens is 2. The molecule has 1 aromatic heterocycles. The molecule has 1 aliphatic heterocycles. The van der Waals surface area contributed by atoms with E-state index in [0.29, 0.717) is 18.5 Å². The molecule has 2 N–H and O–H groups in total. The molecule has 130 valence electrons. The van der Waals surface area contributed by atoms with E-state index in [1.165, 1.54) is 12.1 Å². The number of aromatic nitrogens is 2. The van der Waals surface area contributed by atoms with Crippen LogP contribution in [0.25, 0.3) is 11.1 Å². The summed E-state index contributed by atoms with van der Waals surface area (Å²) in [5.74, 6) is -1.02. The molecule has 6 heteroatoms. The van der Waals surface area contributed by atoms with E-state index in [0.717, 1.165) is 42.9 Å². The number of aryl methyl sites for hydroxylation is 2. The number of H-pyrrole nitrogens is 1. The molecule has 0 radical (unpaired) electrons. The molecule has 0 atom stereocenters. The molecule has 0 amide bonds. The van der Waals surface area contributed by atoms with Gasteiger partial charge in [0.05, 0.1) is 11.8 Å². The summed E-state index contributed by atoms with van der Waals surface area (Å²) in [5, 5.41) is 16.4. The predicted molar refractivity (Wildman–Crippen MR) is 88.8 cm³/mol. The summed E-state index contributed by atoms with van der Waals surface area (Å²) in [5.41, 5.74) is 2.92. The molecule has 1 fully saturated rings. The highest BCUT2D eigenvalue weighted by Gasteiger charge is 2.19. The largest absolute Gasteiger partial charge is 0.393 e. The van der Waals surface area contributed by atoms with E-state index in [1.807, 2.05) is 13.8 Å². The molecule has 1 saturated heterocycles. The number of likely N-dealkylation sites (tertiary alicyclic amines) is 1. The highest BCUT2D eigenvalue weighted by molar-refractivity contribution is 5.68. The Morgan fingerprint density at radius 3 is 2.38 bits per heavy atom. The smallest absolute Gasteiger partial charge is 0.129 e. The zero-order chi connectivity index (χ0) is 17.3. The van der Waals surface area contributed by atoms with Crippen LogP contribution in [0.4, 0.5) is 8.78 Å². The average molecular weight is 335 g/mol. The Bertz CT molecular complexity index is 679. The van der Waals surface area contributed by atoms with Gasteiger partial charge in [0.15, 0.2) is 0 Å². The van der Waals surface area contributed by atoms with Gasteiger partial charge >= 0.3 is 0 Å². The molecular formula is C18H23F2N3O. The van der Waals surface area contributed by atoms with E-state index in [1.54, 1.807) is 0 Å². The van der Waals surface area contributed by atoms with Crippen molar-refractivity contribution in [3.63, 3.8) is 0 Å². The third-order valence-corrected chi connectivity index (χ3v) is 4.79. The molecule has 0 saturated carbocycles. The summed E-state index contributed by atoms with van der Waals surface area (Å²) >= 11 is 0. The minimum absolute atomic E-state index is 0.128. The number of rotatable bonds is 4. The molecule has 0 aliphatic carbocycles. The first-order valence-corrected chi connectivity index (χ1v) is 8.36. The quantitative estimate of drug-likeness (QED) is 0.903. The lowest BCUT2D eigenvalue weighted by Crippen LogP contribution is -2.37. The molecular weight excluding hydrogens is 312 g/mol. The zero-order valence-corrected chi connectivity index (χ0v) is 14.1. The lowest BCUT2D eigenvalue weighted by molar-refractivity contribution is 0.0830. The molecule has 24 heavy (non-hydrogen) atoms. The maximum atomic E-state index is 14.5. The van der Waals surface area contributed by atoms with E-state index in [9.17, 15) is 13.9 Å². The van der Waals surface area contributed by atoms with Crippen LogP contribution in [-0.4, -0.2) is 45.9 Å². The number of aromatic amines is 1. The third-order valence-electron chi connectivity index (χ3n) is 4.79. The van der Waals surface area contributed by atoms with Crippen LogP contribution in [0.1, 0.15) is 29.8 Å². The van der Waals surface area contributed by atoms with Crippen molar-refractivity contribution in [3.05, 3.63) is 40.7 Å². The standard InChI is InChI=1S/C18H23F2N3O/c1-11-18(12(2)22-21-11)13-9-16(19)15(17(20)10-13)5-8-23-6-3-14(24)4-7-23/h9-10,14,24H,3-8H2,1-2H3,(H,21,22). The summed E-state index contributed by atoms with van der Waals surface area (Å²) in [7, 11) is 0. The Balaban J connectivity index is 1.76. The van der Waals surface area contributed by atoms with Gasteiger partial charge in [-0.05, 0) is 50.8 Å². The topological polar surface area (TPSA) is 52.2 Å². The first kappa shape index (κ1) is 17.0. The van der Waals surface area contributed by atoms with Crippen LogP contribution in [-0.2, 0) is 6.42 Å². The Labute approximate surface area is 140 Å². The Morgan fingerprint density at radius 2 is 1.83 bits per heavy atom. The summed E-state index contributed by atoms with van der Waals surface area (Å²) < 4.78 is 28.9. The maximum absolute atomic E-state index is 14.5. The highest BCUT2D eigenvalue weighted by Crippen LogP contribution is 2.29. The number of piperidine rings is 1. The zero-order valence-electron chi connectivity index (χ0n) is 14.1. The number of hydrogen-bond donors (Lipinski definition) is 2. The average Bonchev–Trinajstić information content (AvgIpc) is 2.87. The Hall–Kier alpha value is -1.79. The Morgan fingerprint density at radius 1 is 1.21 bits per heavy atom. The second-order valence-electron chi connectivity index (χ2n) is 6.55. The van der Waals surface area contributed by atoms with Crippen LogP contribution < -0.4 is 0 Å². The van der Waals surface area contributed by atoms with Gasteiger partial charge in [0, 0.05) is 36.5 Å². The minimum atomic E-state index is -0.512. The van der Waals surface area contributed by atoms with Gasteiger partial charge in [-0.15, -0.1) is 0 Å². The predicted octanol–water partition coefficient (Wildman–Crippen LogP) is 2.97. The van der Waals surface area contributed by atoms with Gasteiger partial charge in [-0.1, -0.05) is 0 Å². The lowest BCUT2D eigenvalue weighted by atomic mass is 9.99. The van der Waals surface area contributed by atoms with Crippen molar-refractivity contribution in [2.45, 2.75) is 39.2 Å². The number of aliphatic hydroxyl groups is 1. The summed E-state index contributed by atoms with van der Waals surface area (Å²) in [6.07, 6.45) is 1.54. The minimum Gasteiger partial charge on any atom is -0.393 e. The fourth-order valence-electron chi connectivity index (χ4n) is 3.38. The van der Waals surface area contributed by atoms with Crippen molar-refractivity contribution in [2.75, 3.05) is 19.6 Å². The fourth-order valence-corrected chi connectivity index (χ4v) is 3.38. The number of benzene rings is 1. The first-order valence-electron chi connectivity index (χ1n) is 8.36. The van der Waals surface area contributed by atoms with Crippen molar-refractivity contribution in [2.24, 2.45) is 0 Å². The second-order valence-corrected chi connectivity index (χ2v) is 6.55. The van der Waals surface area contributed by atoms with Crippen molar-refractivity contribution < 1.29 is 13.9 Å². The van der Waals surface area contributed by atoms with Gasteiger partial charge < -0.3 is 10.0 Å². The molecule has 1 aliphatic rings. The van der Waals surface area contributed by atoms with E-state index in [4.69, 9.17) is 0 Å². The first-order chi connectivity index (χ1) is 11.5. The number of nitrogens with one attached hydrogen (secondary N) is 1. The van der Waals surface area contributed by atoms with Gasteiger partial charge in [-0.3, -0.25) is 5.10 Å². The van der Waals surface area contributed by atoms with Gasteiger partial charge in [0.2, 0.25) is 0 Å². The SMILES string of the molecule is Cc1n[nH]c(C)c1-c1cc(F)c(CCN2CCC(O)CC2)c(F)c1. The molecule has 3 rings (SSSR count). The van der Waals surface area contributed by atoms with Crippen molar-refractivity contribution in [3.8, 4) is 11.1 Å². The molecule has 1 aromatic carbocycles. The second kappa shape index (κ2) is 6.99. The van der Waals surface area contributed by atoms with Crippen LogP contribution in [0.5, 0.6) is 0 Å². The van der Waals surface area contributed by atoms with Gasteiger partial charge in [-0.25, -0.2) is 8.78 Å². The van der Waals surface area contributed by atoms with Crippen molar-refractivity contribution in [1.82, 2.24) is 15.1 Å². The number of aliphatic hydroxyl groups excluding tert-OH is 1. The van der Waals surface area contributed by atoms with Crippen LogP contribution in [0.3, 0.4) is 0 Å². The Kier molecular flexibility index (Phi) is 4.96. The normalized spacial score (nSPS) is 16.7. The summed E-state index contributed by atoms with van der Waals surface area (Å²) in [6.45, 7) is 5.80. The molecule has 2 heterocycles. The van der Waals surface area contributed by atoms with Gasteiger partial charge in [0.1, 0.15) is 11.6 Å². The van der Waals surface area contributed by atoms with Crippen LogP contribution >= 0.6 is 0 Å². The van der Waals surface area contributed by atoms with Crippen LogP contribution in [0.2, 0.25) is 0 Å². The van der Waals surface area contributed by atoms with E-state index >= 15 is 0 Å². The lowest BCUT2D eigenvalue weighted by Gasteiger charge is -2.29. The number of nitrogens with zero attached hydrogens (tertiary/aromatic N) is 2. The van der Waals surface area contributed by atoms with Crippen LogP contribution in [0.15, 0.2) is 12.1 Å². The van der Waals surface area contributed by atoms with Crippen molar-refractivity contribution >= 4 is 0 Å². The molecule has 4 nitrogen and oxygen atoms in total. The molecule has 0 unspecified atom stereocenters. The maximum Gasteiger partial charge on any atom is 0.129 e. The van der Waals surface area contributed by atoms with E-state index < -0.39 is 11.6 Å². The van der Waals surface area contributed by atoms with E-state index in [2.05, 4.69) is 15.1 Å². The number of hydrogen-bond acceptors (Lipinski definition) is 3. The van der Waals surface area contributed by atoms with Gasteiger partial charge in [0.25, 0.3) is 0 Å². The monoisotopic (exact) mass is 335 g/mol. The van der Waals surface area contributed by atoms with Crippen LogP contribution in [0, 0.1) is 25.5 Å². The summed E-state index contributed by atoms with van der Waals surface area (Å²) in [6, 6.07) is 2.78. The summed E-state index contributed by atoms with van der Waals surface area (Å²) in [4.78, 5) is 2.14. The highest BCUT2D eigenvalue weighted by atomic mass is 19.1. The fraction of sp³-hybridized carbons (Fsp3) is 0.500. The van der Waals surface area contributed by atoms with Crippen molar-refractivity contribution in [1.29, 1.82) is 0 Å².